The van der Waals surface area contributed by atoms with Gasteiger partial charge >= 0.3 is 5.69 Å². The first-order valence-electron chi connectivity index (χ1n) is 11.2. The van der Waals surface area contributed by atoms with Crippen LogP contribution in [0.5, 0.6) is 0 Å². The van der Waals surface area contributed by atoms with Crippen LogP contribution < -0.4 is 5.69 Å². The average Bonchev–Trinajstić information content (AvgIpc) is 3.59. The van der Waals surface area contributed by atoms with Crippen LogP contribution in [-0.2, 0) is 6.54 Å². The van der Waals surface area contributed by atoms with Crippen molar-refractivity contribution in [1.29, 1.82) is 0 Å². The predicted octanol–water partition coefficient (Wildman–Crippen LogP) is 4.02. The number of imidazole rings is 2. The summed E-state index contributed by atoms with van der Waals surface area (Å²) in [5.41, 5.74) is 5.75. The van der Waals surface area contributed by atoms with E-state index < -0.39 is 0 Å². The molecule has 1 aliphatic heterocycles. The summed E-state index contributed by atoms with van der Waals surface area (Å²) < 4.78 is 3.67. The van der Waals surface area contributed by atoms with E-state index >= 15 is 0 Å². The van der Waals surface area contributed by atoms with E-state index in [1.807, 2.05) is 53.2 Å². The van der Waals surface area contributed by atoms with Gasteiger partial charge in [-0.2, -0.15) is 0 Å². The molecule has 1 aliphatic rings. The van der Waals surface area contributed by atoms with E-state index in [9.17, 15) is 4.79 Å². The highest BCUT2D eigenvalue weighted by Gasteiger charge is 2.29. The third-order valence-electron chi connectivity index (χ3n) is 6.43. The van der Waals surface area contributed by atoms with Gasteiger partial charge in [0.25, 0.3) is 0 Å². The molecule has 3 aromatic heterocycles. The van der Waals surface area contributed by atoms with Crippen LogP contribution in [0.2, 0.25) is 0 Å². The van der Waals surface area contributed by atoms with Gasteiger partial charge in [0.05, 0.1) is 23.6 Å². The molecule has 1 fully saturated rings. The zero-order chi connectivity index (χ0) is 22.2. The highest BCUT2D eigenvalue weighted by Crippen LogP contribution is 2.27. The monoisotopic (exact) mass is 436 g/mol. The fourth-order valence-corrected chi connectivity index (χ4v) is 4.84. The lowest BCUT2D eigenvalue weighted by Gasteiger charge is -2.15. The van der Waals surface area contributed by atoms with Crippen LogP contribution in [0.25, 0.3) is 28.0 Å². The van der Waals surface area contributed by atoms with Gasteiger partial charge in [-0.25, -0.2) is 14.8 Å². The molecule has 5 aromatic rings. The number of nitrogens with zero attached hydrogens (tertiary/aromatic N) is 5. The lowest BCUT2D eigenvalue weighted by atomic mass is 10.1. The topological polar surface area (TPSA) is 71.7 Å². The largest absolute Gasteiger partial charge is 0.347 e. The molecule has 7 heteroatoms. The van der Waals surface area contributed by atoms with Crippen molar-refractivity contribution in [3.8, 4) is 16.8 Å². The molecule has 2 aromatic carbocycles. The maximum absolute atomic E-state index is 13.7. The van der Waals surface area contributed by atoms with Crippen molar-refractivity contribution in [3.05, 3.63) is 102 Å². The second-order valence-corrected chi connectivity index (χ2v) is 8.50. The molecule has 6 rings (SSSR count). The maximum atomic E-state index is 13.7. The number of hydrogen-bond acceptors (Lipinski definition) is 4. The van der Waals surface area contributed by atoms with Crippen LogP contribution in [0.4, 0.5) is 0 Å². The lowest BCUT2D eigenvalue weighted by Crippen LogP contribution is -2.29. The Labute approximate surface area is 191 Å². The van der Waals surface area contributed by atoms with Gasteiger partial charge in [0, 0.05) is 37.7 Å². The van der Waals surface area contributed by atoms with Crippen molar-refractivity contribution in [3.63, 3.8) is 0 Å². The van der Waals surface area contributed by atoms with Crippen molar-refractivity contribution < 1.29 is 0 Å². The summed E-state index contributed by atoms with van der Waals surface area (Å²) in [7, 11) is 0. The van der Waals surface area contributed by atoms with Gasteiger partial charge in [0.1, 0.15) is 0 Å². The molecular weight excluding hydrogens is 412 g/mol. The van der Waals surface area contributed by atoms with E-state index in [1.165, 1.54) is 0 Å². The molecule has 1 N–H and O–H groups in total. The normalized spacial score (nSPS) is 16.5. The molecule has 0 radical (unpaired) electrons. The Morgan fingerprint density at radius 3 is 2.58 bits per heavy atom. The number of hydrogen-bond donors (Lipinski definition) is 1. The third-order valence-corrected chi connectivity index (χ3v) is 6.43. The molecule has 0 bridgehead atoms. The average molecular weight is 437 g/mol. The SMILES string of the molecule is O=c1n(-c2ccc(-c3ccccc3)cc2)c2cccnc2n1C1CCN(Cc2cnc[nH]2)C1. The molecule has 33 heavy (non-hydrogen) atoms. The van der Waals surface area contributed by atoms with E-state index in [2.05, 4.69) is 44.1 Å². The highest BCUT2D eigenvalue weighted by atomic mass is 16.2. The number of pyridine rings is 1. The van der Waals surface area contributed by atoms with Crippen molar-refractivity contribution in [2.75, 3.05) is 13.1 Å². The van der Waals surface area contributed by atoms with E-state index in [1.54, 1.807) is 17.1 Å². The number of H-pyrrole nitrogens is 1. The van der Waals surface area contributed by atoms with Crippen molar-refractivity contribution in [2.45, 2.75) is 19.0 Å². The molecule has 0 spiro atoms. The van der Waals surface area contributed by atoms with Crippen LogP contribution in [-0.4, -0.2) is 42.1 Å². The van der Waals surface area contributed by atoms with Crippen molar-refractivity contribution in [1.82, 2.24) is 29.0 Å². The summed E-state index contributed by atoms with van der Waals surface area (Å²) in [6.45, 7) is 2.54. The second-order valence-electron chi connectivity index (χ2n) is 8.50. The fraction of sp³-hybridized carbons (Fsp3) is 0.192. The van der Waals surface area contributed by atoms with E-state index in [4.69, 9.17) is 0 Å². The molecule has 4 heterocycles. The second kappa shape index (κ2) is 8.18. The van der Waals surface area contributed by atoms with E-state index in [0.29, 0.717) is 0 Å². The van der Waals surface area contributed by atoms with Gasteiger partial charge in [0.15, 0.2) is 5.65 Å². The number of benzene rings is 2. The van der Waals surface area contributed by atoms with Gasteiger partial charge in [-0.15, -0.1) is 0 Å². The number of aromatic nitrogens is 5. The number of rotatable bonds is 5. The van der Waals surface area contributed by atoms with Crippen LogP contribution in [0.15, 0.2) is 90.2 Å². The number of fused-ring (bicyclic) bond motifs is 1. The minimum absolute atomic E-state index is 0.0375. The van der Waals surface area contributed by atoms with Crippen LogP contribution >= 0.6 is 0 Å². The summed E-state index contributed by atoms with van der Waals surface area (Å²) in [5.74, 6) is 0. The van der Waals surface area contributed by atoms with Crippen molar-refractivity contribution in [2.24, 2.45) is 0 Å². The molecule has 0 aliphatic carbocycles. The number of nitrogens with one attached hydrogen (secondary N) is 1. The van der Waals surface area contributed by atoms with Crippen LogP contribution in [0.1, 0.15) is 18.2 Å². The zero-order valence-electron chi connectivity index (χ0n) is 18.1. The minimum Gasteiger partial charge on any atom is -0.347 e. The Hall–Kier alpha value is -3.97. The minimum atomic E-state index is -0.0375. The van der Waals surface area contributed by atoms with Gasteiger partial charge in [-0.1, -0.05) is 42.5 Å². The molecule has 1 saturated heterocycles. The summed E-state index contributed by atoms with van der Waals surface area (Å²) in [5, 5.41) is 0. The first-order valence-corrected chi connectivity index (χ1v) is 11.2. The Morgan fingerprint density at radius 1 is 0.970 bits per heavy atom. The third kappa shape index (κ3) is 3.56. The molecule has 7 nitrogen and oxygen atoms in total. The van der Waals surface area contributed by atoms with Crippen LogP contribution in [0, 0.1) is 0 Å². The van der Waals surface area contributed by atoms with Crippen molar-refractivity contribution >= 4 is 11.2 Å². The Kier molecular flexibility index (Phi) is 4.88. The lowest BCUT2D eigenvalue weighted by molar-refractivity contribution is 0.312. The maximum Gasteiger partial charge on any atom is 0.335 e. The summed E-state index contributed by atoms with van der Waals surface area (Å²) in [6, 6.07) is 22.4. The molecule has 164 valence electrons. The first kappa shape index (κ1) is 19.7. The van der Waals surface area contributed by atoms with Gasteiger partial charge in [-0.3, -0.25) is 14.0 Å². The standard InChI is InChI=1S/C26H24N6O/c33-26-31(22-10-8-20(9-11-22)19-5-2-1-3-6-19)24-7-4-13-28-25(24)32(26)23-12-14-30(17-23)16-21-15-27-18-29-21/h1-11,13,15,18,23H,12,14,16-17H2,(H,27,29). The molecule has 1 atom stereocenters. The molecule has 1 unspecified atom stereocenters. The molecule has 0 amide bonds. The summed E-state index contributed by atoms with van der Waals surface area (Å²) >= 11 is 0. The summed E-state index contributed by atoms with van der Waals surface area (Å²) in [6.07, 6.45) is 6.23. The number of aromatic amines is 1. The van der Waals surface area contributed by atoms with E-state index in [-0.39, 0.29) is 11.7 Å². The smallest absolute Gasteiger partial charge is 0.335 e. The van der Waals surface area contributed by atoms with E-state index in [0.717, 1.165) is 59.7 Å². The highest BCUT2D eigenvalue weighted by molar-refractivity contribution is 5.75. The number of likely N-dealkylation sites (tertiary alicyclic amines) is 1. The first-order chi connectivity index (χ1) is 16.3. The zero-order valence-corrected chi connectivity index (χ0v) is 18.1. The van der Waals surface area contributed by atoms with Gasteiger partial charge in [-0.05, 0) is 41.8 Å². The quantitative estimate of drug-likeness (QED) is 0.452. The Morgan fingerprint density at radius 2 is 1.79 bits per heavy atom. The fourth-order valence-electron chi connectivity index (χ4n) is 4.84. The van der Waals surface area contributed by atoms with Crippen LogP contribution in [0.3, 0.4) is 0 Å². The molecular formula is C26H24N6O. The summed E-state index contributed by atoms with van der Waals surface area (Å²) in [4.78, 5) is 27.9. The Balaban J connectivity index is 1.36. The molecule has 0 saturated carbocycles. The predicted molar refractivity (Wildman–Crippen MR) is 128 cm³/mol. The van der Waals surface area contributed by atoms with Gasteiger partial charge in [0.2, 0.25) is 0 Å². The van der Waals surface area contributed by atoms with Gasteiger partial charge < -0.3 is 4.98 Å². The Bertz CT molecular complexity index is 1430.